The van der Waals surface area contributed by atoms with Crippen LogP contribution in [0.4, 0.5) is 19.0 Å². The van der Waals surface area contributed by atoms with E-state index in [1.54, 1.807) is 11.2 Å². The maximum Gasteiger partial charge on any atom is 0.391 e. The lowest BCUT2D eigenvalue weighted by Gasteiger charge is -2.31. The summed E-state index contributed by atoms with van der Waals surface area (Å²) < 4.78 is 44.2. The Labute approximate surface area is 179 Å². The number of alkyl halides is 3. The number of ether oxygens (including phenoxy) is 1. The van der Waals surface area contributed by atoms with Crippen molar-refractivity contribution in [3.05, 3.63) is 17.3 Å². The van der Waals surface area contributed by atoms with Gasteiger partial charge in [0.2, 0.25) is 0 Å². The van der Waals surface area contributed by atoms with Crippen molar-refractivity contribution in [3.8, 4) is 5.75 Å². The van der Waals surface area contributed by atoms with E-state index in [4.69, 9.17) is 9.73 Å². The van der Waals surface area contributed by atoms with Gasteiger partial charge in [-0.15, -0.1) is 0 Å². The second kappa shape index (κ2) is 8.38. The van der Waals surface area contributed by atoms with Crippen LogP contribution in [0.15, 0.2) is 16.3 Å². The Kier molecular flexibility index (Phi) is 5.95. The number of nitrogens with zero attached hydrogens (tertiary/aromatic N) is 4. The molecule has 7 nitrogen and oxygen atoms in total. The van der Waals surface area contributed by atoms with E-state index < -0.39 is 18.3 Å². The van der Waals surface area contributed by atoms with Gasteiger partial charge in [0.05, 0.1) is 24.2 Å². The molecule has 31 heavy (non-hydrogen) atoms. The van der Waals surface area contributed by atoms with Gasteiger partial charge in [-0.25, -0.2) is 9.99 Å². The SMILES string of the molecule is COc1c(C(O)NCC2CCC(C(F)(F)F)CC2)cnc2c1C(C)=NC1CC(C)=NN21. The smallest absolute Gasteiger partial charge is 0.391 e. The fourth-order valence-electron chi connectivity index (χ4n) is 4.72. The zero-order valence-electron chi connectivity index (χ0n) is 17.9. The number of aliphatic hydroxyl groups is 1. The first-order valence-corrected chi connectivity index (χ1v) is 10.6. The Bertz CT molecular complexity index is 894. The summed E-state index contributed by atoms with van der Waals surface area (Å²) in [5.74, 6) is 0.00948. The summed E-state index contributed by atoms with van der Waals surface area (Å²) in [5.41, 5.74) is 2.91. The number of nitrogens with one attached hydrogen (secondary N) is 1. The molecule has 1 fully saturated rings. The molecule has 1 saturated carbocycles. The number of aromatic nitrogens is 1. The number of hydrogen-bond acceptors (Lipinski definition) is 7. The maximum atomic E-state index is 12.9. The van der Waals surface area contributed by atoms with Crippen LogP contribution >= 0.6 is 0 Å². The normalized spacial score (nSPS) is 26.7. The van der Waals surface area contributed by atoms with Crippen molar-refractivity contribution in [2.24, 2.45) is 21.9 Å². The van der Waals surface area contributed by atoms with Gasteiger partial charge in [-0.1, -0.05) is 0 Å². The van der Waals surface area contributed by atoms with E-state index in [2.05, 4.69) is 15.4 Å². The molecule has 2 atom stereocenters. The Morgan fingerprint density at radius 3 is 2.61 bits per heavy atom. The van der Waals surface area contributed by atoms with Crippen LogP contribution in [-0.4, -0.2) is 47.5 Å². The molecule has 2 N–H and O–H groups in total. The highest BCUT2D eigenvalue weighted by molar-refractivity contribution is 6.08. The molecule has 3 aliphatic rings. The van der Waals surface area contributed by atoms with Crippen molar-refractivity contribution in [1.82, 2.24) is 10.3 Å². The largest absolute Gasteiger partial charge is 0.495 e. The van der Waals surface area contributed by atoms with Gasteiger partial charge in [0.1, 0.15) is 18.1 Å². The average Bonchev–Trinajstić information content (AvgIpc) is 3.10. The topological polar surface area (TPSA) is 82.3 Å². The van der Waals surface area contributed by atoms with Crippen LogP contribution in [0.1, 0.15) is 63.3 Å². The minimum absolute atomic E-state index is 0.0933. The second-order valence-electron chi connectivity index (χ2n) is 8.59. The molecule has 170 valence electrons. The van der Waals surface area contributed by atoms with E-state index in [0.717, 1.165) is 17.8 Å². The van der Waals surface area contributed by atoms with E-state index in [9.17, 15) is 18.3 Å². The quantitative estimate of drug-likeness (QED) is 0.683. The molecular formula is C21H28F3N5O2. The number of pyridine rings is 1. The molecule has 1 aromatic heterocycles. The van der Waals surface area contributed by atoms with Crippen LogP contribution in [0, 0.1) is 11.8 Å². The third kappa shape index (κ3) is 4.27. The highest BCUT2D eigenvalue weighted by atomic mass is 19.4. The number of hydrogen-bond donors (Lipinski definition) is 2. The van der Waals surface area contributed by atoms with Gasteiger partial charge in [0.15, 0.2) is 5.82 Å². The summed E-state index contributed by atoms with van der Waals surface area (Å²) >= 11 is 0. The summed E-state index contributed by atoms with van der Waals surface area (Å²) in [6.45, 7) is 4.26. The van der Waals surface area contributed by atoms with E-state index in [-0.39, 0.29) is 24.9 Å². The van der Waals surface area contributed by atoms with Crippen LogP contribution in [0.25, 0.3) is 0 Å². The second-order valence-corrected chi connectivity index (χ2v) is 8.59. The number of hydrazone groups is 1. The number of aliphatic imine (C=N–C) groups is 1. The molecule has 0 amide bonds. The van der Waals surface area contributed by atoms with Gasteiger partial charge in [-0.05, 0) is 45.4 Å². The predicted molar refractivity (Wildman–Crippen MR) is 111 cm³/mol. The van der Waals surface area contributed by atoms with E-state index in [0.29, 0.717) is 42.1 Å². The van der Waals surface area contributed by atoms with Crippen molar-refractivity contribution in [2.45, 2.75) is 64.5 Å². The molecule has 2 aliphatic heterocycles. The highest BCUT2D eigenvalue weighted by Crippen LogP contribution is 2.41. The first kappa shape index (κ1) is 22.0. The average molecular weight is 439 g/mol. The molecular weight excluding hydrogens is 411 g/mol. The zero-order chi connectivity index (χ0) is 22.3. The number of halogens is 3. The van der Waals surface area contributed by atoms with Crippen molar-refractivity contribution in [1.29, 1.82) is 0 Å². The number of aliphatic hydroxyl groups excluding tert-OH is 1. The number of methoxy groups -OCH3 is 1. The molecule has 1 aliphatic carbocycles. The standard InChI is InChI=1S/C21H28F3N5O2/c1-11-8-16-27-12(2)17-18(31-3)15(10-25-19(17)29(16)28-11)20(30)26-9-13-4-6-14(7-5-13)21(22,23)24/h10,13-14,16,20,26,30H,4-9H2,1-3H3. The van der Waals surface area contributed by atoms with Crippen LogP contribution in [0.5, 0.6) is 5.75 Å². The zero-order valence-corrected chi connectivity index (χ0v) is 17.9. The summed E-state index contributed by atoms with van der Waals surface area (Å²) in [7, 11) is 1.53. The van der Waals surface area contributed by atoms with Crippen molar-refractivity contribution < 1.29 is 23.0 Å². The van der Waals surface area contributed by atoms with Crippen LogP contribution in [-0.2, 0) is 0 Å². The number of rotatable bonds is 5. The molecule has 0 spiro atoms. The minimum Gasteiger partial charge on any atom is -0.495 e. The molecule has 1 aromatic rings. The Balaban J connectivity index is 1.47. The lowest BCUT2D eigenvalue weighted by atomic mass is 9.81. The molecule has 10 heteroatoms. The predicted octanol–water partition coefficient (Wildman–Crippen LogP) is 3.77. The fraction of sp³-hybridized carbons (Fsp3) is 0.667. The van der Waals surface area contributed by atoms with Crippen molar-refractivity contribution in [2.75, 3.05) is 18.7 Å². The van der Waals surface area contributed by atoms with Gasteiger partial charge in [0.25, 0.3) is 0 Å². The number of fused-ring (bicyclic) bond motifs is 3. The summed E-state index contributed by atoms with van der Waals surface area (Å²) in [6, 6.07) is 0. The minimum atomic E-state index is -4.11. The van der Waals surface area contributed by atoms with Crippen molar-refractivity contribution >= 4 is 17.2 Å². The van der Waals surface area contributed by atoms with Gasteiger partial charge < -0.3 is 9.84 Å². The molecule has 4 rings (SSSR count). The molecule has 0 radical (unpaired) electrons. The monoisotopic (exact) mass is 439 g/mol. The third-order valence-corrected chi connectivity index (χ3v) is 6.41. The lowest BCUT2D eigenvalue weighted by molar-refractivity contribution is -0.183. The van der Waals surface area contributed by atoms with Gasteiger partial charge in [-0.2, -0.15) is 18.3 Å². The Hall–Kier alpha value is -2.20. The molecule has 0 bridgehead atoms. The summed E-state index contributed by atoms with van der Waals surface area (Å²) in [6.07, 6.45) is -1.71. The Morgan fingerprint density at radius 2 is 1.97 bits per heavy atom. The number of anilines is 1. The van der Waals surface area contributed by atoms with Crippen LogP contribution in [0.3, 0.4) is 0 Å². The van der Waals surface area contributed by atoms with Crippen molar-refractivity contribution in [3.63, 3.8) is 0 Å². The first-order chi connectivity index (χ1) is 14.7. The highest BCUT2D eigenvalue weighted by Gasteiger charge is 2.41. The van der Waals surface area contributed by atoms with E-state index >= 15 is 0 Å². The molecule has 3 heterocycles. The van der Waals surface area contributed by atoms with Gasteiger partial charge >= 0.3 is 6.18 Å². The summed E-state index contributed by atoms with van der Waals surface area (Å²) in [5, 5.41) is 20.1. The van der Waals surface area contributed by atoms with Crippen LogP contribution < -0.4 is 15.1 Å². The lowest BCUT2D eigenvalue weighted by Crippen LogP contribution is -2.34. The fourth-order valence-corrected chi connectivity index (χ4v) is 4.72. The van der Waals surface area contributed by atoms with Gasteiger partial charge in [-0.3, -0.25) is 10.3 Å². The maximum absolute atomic E-state index is 12.9. The van der Waals surface area contributed by atoms with E-state index in [1.807, 2.05) is 13.8 Å². The molecule has 2 unspecified atom stereocenters. The first-order valence-electron chi connectivity index (χ1n) is 10.6. The molecule has 0 saturated heterocycles. The Morgan fingerprint density at radius 1 is 1.26 bits per heavy atom. The van der Waals surface area contributed by atoms with Crippen LogP contribution in [0.2, 0.25) is 0 Å². The van der Waals surface area contributed by atoms with Gasteiger partial charge in [0, 0.05) is 30.6 Å². The summed E-state index contributed by atoms with van der Waals surface area (Å²) in [4.78, 5) is 9.25. The van der Waals surface area contributed by atoms with E-state index in [1.165, 1.54) is 7.11 Å². The third-order valence-electron chi connectivity index (χ3n) is 6.41. The molecule has 0 aromatic carbocycles.